The molecule has 0 saturated carbocycles. The number of ether oxygens (including phenoxy) is 3. The monoisotopic (exact) mass is 473 g/mol. The van der Waals surface area contributed by atoms with Crippen molar-refractivity contribution in [1.29, 1.82) is 0 Å². The maximum Gasteiger partial charge on any atom is 0.255 e. The fourth-order valence-corrected chi connectivity index (χ4v) is 3.21. The Balaban J connectivity index is 1.96. The first-order chi connectivity index (χ1) is 14.6. The molecule has 0 aliphatic carbocycles. The first kappa shape index (κ1) is 21.7. The van der Waals surface area contributed by atoms with E-state index in [-0.39, 0.29) is 5.91 Å². The van der Waals surface area contributed by atoms with Crippen LogP contribution in [0.4, 0.5) is 5.69 Å². The van der Waals surface area contributed by atoms with E-state index in [4.69, 9.17) is 14.2 Å². The van der Waals surface area contributed by atoms with E-state index < -0.39 is 0 Å². The van der Waals surface area contributed by atoms with Crippen LogP contribution >= 0.6 is 15.9 Å². The van der Waals surface area contributed by atoms with Crippen LogP contribution in [0.15, 0.2) is 53.3 Å². The van der Waals surface area contributed by atoms with Gasteiger partial charge in [0.25, 0.3) is 5.91 Å². The first-order valence-corrected chi connectivity index (χ1v) is 10.5. The number of benzene rings is 2. The standard InChI is InChI=1S/C22H24BrN3O4/c1-4-28-19-11-15(12-20(29-5-2)21(19)30-6-3)22(27)25-17-9-7-8-10-18(17)26-14-16(23)13-24-26/h7-14H,4-6H2,1-3H3,(H,25,27). The van der Waals surface area contributed by atoms with Crippen molar-refractivity contribution in [1.82, 2.24) is 9.78 Å². The highest BCUT2D eigenvalue weighted by Gasteiger charge is 2.19. The Kier molecular flexibility index (Phi) is 7.35. The van der Waals surface area contributed by atoms with E-state index in [1.807, 2.05) is 51.2 Å². The molecule has 0 bridgehead atoms. The number of hydrogen-bond donors (Lipinski definition) is 1. The number of halogens is 1. The molecule has 8 heteroatoms. The summed E-state index contributed by atoms with van der Waals surface area (Å²) in [6.45, 7) is 6.97. The average molecular weight is 474 g/mol. The lowest BCUT2D eigenvalue weighted by Crippen LogP contribution is -2.15. The summed E-state index contributed by atoms with van der Waals surface area (Å²) in [5.74, 6) is 1.15. The molecular formula is C22H24BrN3O4. The SMILES string of the molecule is CCOc1cc(C(=O)Nc2ccccc2-n2cc(Br)cn2)cc(OCC)c1OCC. The van der Waals surface area contributed by atoms with Crippen molar-refractivity contribution in [2.75, 3.05) is 25.1 Å². The van der Waals surface area contributed by atoms with Gasteiger partial charge in [-0.05, 0) is 61.0 Å². The van der Waals surface area contributed by atoms with Gasteiger partial charge >= 0.3 is 0 Å². The van der Waals surface area contributed by atoms with Gasteiger partial charge in [-0.2, -0.15) is 5.10 Å². The summed E-state index contributed by atoms with van der Waals surface area (Å²) in [5, 5.41) is 7.26. The van der Waals surface area contributed by atoms with Crippen LogP contribution in [-0.2, 0) is 0 Å². The Morgan fingerprint density at radius 2 is 1.67 bits per heavy atom. The van der Waals surface area contributed by atoms with E-state index in [9.17, 15) is 4.79 Å². The Bertz CT molecular complexity index is 992. The van der Waals surface area contributed by atoms with Gasteiger partial charge in [0.15, 0.2) is 11.5 Å². The minimum absolute atomic E-state index is 0.293. The highest BCUT2D eigenvalue weighted by atomic mass is 79.9. The zero-order valence-corrected chi connectivity index (χ0v) is 18.7. The molecule has 1 heterocycles. The van der Waals surface area contributed by atoms with E-state index in [1.165, 1.54) is 0 Å². The zero-order valence-electron chi connectivity index (χ0n) is 17.1. The summed E-state index contributed by atoms with van der Waals surface area (Å²) in [7, 11) is 0. The van der Waals surface area contributed by atoms with Gasteiger partial charge in [-0.15, -0.1) is 0 Å². The number of aromatic nitrogens is 2. The number of carbonyl (C=O) groups is 1. The molecule has 0 radical (unpaired) electrons. The van der Waals surface area contributed by atoms with Crippen LogP contribution in [-0.4, -0.2) is 35.5 Å². The first-order valence-electron chi connectivity index (χ1n) is 9.74. The van der Waals surface area contributed by atoms with Crippen LogP contribution in [0.2, 0.25) is 0 Å². The van der Waals surface area contributed by atoms with Gasteiger partial charge < -0.3 is 19.5 Å². The van der Waals surface area contributed by atoms with Gasteiger partial charge in [0.2, 0.25) is 5.75 Å². The average Bonchev–Trinajstić information content (AvgIpc) is 3.17. The Morgan fingerprint density at radius 3 is 2.23 bits per heavy atom. The van der Waals surface area contributed by atoms with Gasteiger partial charge in [0.05, 0.1) is 41.9 Å². The Hall–Kier alpha value is -3.00. The maximum absolute atomic E-state index is 13.1. The lowest BCUT2D eigenvalue weighted by atomic mass is 10.1. The van der Waals surface area contributed by atoms with Crippen molar-refractivity contribution in [3.8, 4) is 22.9 Å². The topological polar surface area (TPSA) is 74.6 Å². The van der Waals surface area contributed by atoms with E-state index in [2.05, 4.69) is 26.3 Å². The quantitative estimate of drug-likeness (QED) is 0.468. The van der Waals surface area contributed by atoms with E-state index in [1.54, 1.807) is 23.0 Å². The van der Waals surface area contributed by atoms with Gasteiger partial charge in [0, 0.05) is 11.8 Å². The van der Waals surface area contributed by atoms with Crippen LogP contribution in [0.5, 0.6) is 17.2 Å². The molecule has 1 amide bonds. The minimum Gasteiger partial charge on any atom is -0.490 e. The molecule has 7 nitrogen and oxygen atoms in total. The van der Waals surface area contributed by atoms with Crippen molar-refractivity contribution >= 4 is 27.5 Å². The van der Waals surface area contributed by atoms with Crippen molar-refractivity contribution in [3.63, 3.8) is 0 Å². The molecule has 30 heavy (non-hydrogen) atoms. The predicted octanol–water partition coefficient (Wildman–Crippen LogP) is 5.08. The molecule has 1 N–H and O–H groups in total. The van der Waals surface area contributed by atoms with Crippen molar-refractivity contribution in [3.05, 3.63) is 58.8 Å². The third kappa shape index (κ3) is 4.94. The fourth-order valence-electron chi connectivity index (χ4n) is 2.93. The Labute approximate surface area is 184 Å². The van der Waals surface area contributed by atoms with Crippen molar-refractivity contribution in [2.45, 2.75) is 20.8 Å². The molecule has 0 aliphatic rings. The summed E-state index contributed by atoms with van der Waals surface area (Å²) in [4.78, 5) is 13.1. The largest absolute Gasteiger partial charge is 0.490 e. The highest BCUT2D eigenvalue weighted by molar-refractivity contribution is 9.10. The smallest absolute Gasteiger partial charge is 0.255 e. The fraction of sp³-hybridized carbons (Fsp3) is 0.273. The second-order valence-electron chi connectivity index (χ2n) is 6.18. The lowest BCUT2D eigenvalue weighted by Gasteiger charge is -2.17. The van der Waals surface area contributed by atoms with E-state index in [0.717, 1.165) is 10.2 Å². The molecule has 0 fully saturated rings. The van der Waals surface area contributed by atoms with E-state index in [0.29, 0.717) is 48.3 Å². The summed E-state index contributed by atoms with van der Waals surface area (Å²) in [6, 6.07) is 10.8. The molecule has 0 unspecified atom stereocenters. The second-order valence-corrected chi connectivity index (χ2v) is 7.09. The summed E-state index contributed by atoms with van der Waals surface area (Å²) in [6.07, 6.45) is 3.51. The molecule has 0 atom stereocenters. The molecule has 0 aliphatic heterocycles. The van der Waals surface area contributed by atoms with Gasteiger partial charge in [0.1, 0.15) is 0 Å². The molecule has 3 aromatic rings. The van der Waals surface area contributed by atoms with Crippen LogP contribution in [0.1, 0.15) is 31.1 Å². The number of anilines is 1. The van der Waals surface area contributed by atoms with Gasteiger partial charge in [-0.3, -0.25) is 4.79 Å². The lowest BCUT2D eigenvalue weighted by molar-refractivity contribution is 0.102. The number of para-hydroxylation sites is 2. The van der Waals surface area contributed by atoms with Crippen molar-refractivity contribution < 1.29 is 19.0 Å². The molecule has 2 aromatic carbocycles. The number of rotatable bonds is 9. The van der Waals surface area contributed by atoms with Crippen LogP contribution in [0, 0.1) is 0 Å². The second kappa shape index (κ2) is 10.2. The molecule has 0 spiro atoms. The predicted molar refractivity (Wildman–Crippen MR) is 119 cm³/mol. The third-order valence-corrected chi connectivity index (χ3v) is 4.53. The number of hydrogen-bond acceptors (Lipinski definition) is 5. The number of nitrogens with zero attached hydrogens (tertiary/aromatic N) is 2. The maximum atomic E-state index is 13.1. The van der Waals surface area contributed by atoms with E-state index >= 15 is 0 Å². The number of amides is 1. The summed E-state index contributed by atoms with van der Waals surface area (Å²) < 4.78 is 19.7. The normalized spacial score (nSPS) is 10.5. The summed E-state index contributed by atoms with van der Waals surface area (Å²) >= 11 is 3.40. The highest BCUT2D eigenvalue weighted by Crippen LogP contribution is 2.39. The third-order valence-electron chi connectivity index (χ3n) is 4.12. The molecular weight excluding hydrogens is 450 g/mol. The molecule has 1 aromatic heterocycles. The Morgan fingerprint density at radius 1 is 1.03 bits per heavy atom. The van der Waals surface area contributed by atoms with Gasteiger partial charge in [-0.25, -0.2) is 4.68 Å². The van der Waals surface area contributed by atoms with Crippen LogP contribution < -0.4 is 19.5 Å². The van der Waals surface area contributed by atoms with Crippen molar-refractivity contribution in [2.24, 2.45) is 0 Å². The number of carbonyl (C=O) groups excluding carboxylic acids is 1. The van der Waals surface area contributed by atoms with Crippen LogP contribution in [0.3, 0.4) is 0 Å². The molecule has 158 valence electrons. The minimum atomic E-state index is -0.293. The summed E-state index contributed by atoms with van der Waals surface area (Å²) in [5.41, 5.74) is 1.78. The zero-order chi connectivity index (χ0) is 21.5. The van der Waals surface area contributed by atoms with Gasteiger partial charge in [-0.1, -0.05) is 12.1 Å². The molecule has 3 rings (SSSR count). The number of nitrogens with one attached hydrogen (secondary N) is 1. The van der Waals surface area contributed by atoms with Crippen LogP contribution in [0.25, 0.3) is 5.69 Å². The molecule has 0 saturated heterocycles.